The van der Waals surface area contributed by atoms with Gasteiger partial charge >= 0.3 is 0 Å². The Morgan fingerprint density at radius 2 is 1.22 bits per heavy atom. The lowest BCUT2D eigenvalue weighted by atomic mass is 9.99. The monoisotopic (exact) mass is 502 g/mol. The summed E-state index contributed by atoms with van der Waals surface area (Å²) < 4.78 is 37.8. The van der Waals surface area contributed by atoms with Crippen LogP contribution in [0.3, 0.4) is 0 Å². The fourth-order valence-electron chi connectivity index (χ4n) is 4.43. The van der Waals surface area contributed by atoms with Crippen molar-refractivity contribution in [2.24, 2.45) is 0 Å². The summed E-state index contributed by atoms with van der Waals surface area (Å²) >= 11 is 0. The molecule has 3 fully saturated rings. The fraction of sp³-hybridized carbons (Fsp3) is 0.290. The van der Waals surface area contributed by atoms with Crippen molar-refractivity contribution in [3.63, 3.8) is 0 Å². The number of rotatable bonds is 10. The van der Waals surface area contributed by atoms with Gasteiger partial charge in [-0.25, -0.2) is 0 Å². The highest BCUT2D eigenvalue weighted by molar-refractivity contribution is 5.29. The Morgan fingerprint density at radius 1 is 0.649 bits per heavy atom. The lowest BCUT2D eigenvalue weighted by Crippen LogP contribution is -2.60. The summed E-state index contributed by atoms with van der Waals surface area (Å²) in [6, 6.07) is 9.81. The molecule has 0 amide bonds. The van der Waals surface area contributed by atoms with Crippen LogP contribution in [0.2, 0.25) is 0 Å². The molecular formula is C31H34O6. The van der Waals surface area contributed by atoms with Crippen LogP contribution in [0.5, 0.6) is 0 Å². The molecule has 7 unspecified atom stereocenters. The number of allylic oxidation sites excluding steroid dienone is 8. The summed E-state index contributed by atoms with van der Waals surface area (Å²) in [6.45, 7) is 15.8. The molecule has 6 heteroatoms. The average Bonchev–Trinajstić information content (AvgIpc) is 3.43. The molecule has 194 valence electrons. The van der Waals surface area contributed by atoms with Crippen molar-refractivity contribution < 1.29 is 28.4 Å². The van der Waals surface area contributed by atoms with Crippen molar-refractivity contribution in [3.05, 3.63) is 134 Å². The summed E-state index contributed by atoms with van der Waals surface area (Å²) in [5.74, 6) is 0. The maximum Gasteiger partial charge on any atom is 0.184 e. The standard InChI is InChI=1S/C31H34O6/c1-5-9-16-22(14-7-3)29-32-20-25(34-29)28-27-26(21-33-30(36-27)24-18-12-11-13-19-24)35-31(37-28)23(15-8-4)17-10-6-2/h5-19,25-31H,1-4,20-21H2/b16-9-,17-10-,22-14+,23-15+. The van der Waals surface area contributed by atoms with E-state index in [0.29, 0.717) is 13.2 Å². The number of hydrogen-bond acceptors (Lipinski definition) is 6. The third-order valence-electron chi connectivity index (χ3n) is 6.12. The molecule has 3 saturated heterocycles. The third-order valence-corrected chi connectivity index (χ3v) is 6.12. The highest BCUT2D eigenvalue weighted by atomic mass is 16.8. The normalized spacial score (nSPS) is 32.8. The first-order valence-electron chi connectivity index (χ1n) is 12.3. The van der Waals surface area contributed by atoms with Crippen LogP contribution in [0.25, 0.3) is 0 Å². The van der Waals surface area contributed by atoms with Gasteiger partial charge < -0.3 is 28.4 Å². The van der Waals surface area contributed by atoms with Crippen LogP contribution in [-0.4, -0.2) is 50.2 Å². The molecule has 0 radical (unpaired) electrons. The first kappa shape index (κ1) is 26.9. The Morgan fingerprint density at radius 3 is 1.84 bits per heavy atom. The second-order valence-corrected chi connectivity index (χ2v) is 8.62. The third kappa shape index (κ3) is 6.62. The molecule has 6 nitrogen and oxygen atoms in total. The molecule has 7 atom stereocenters. The minimum Gasteiger partial charge on any atom is -0.346 e. The summed E-state index contributed by atoms with van der Waals surface area (Å²) in [5.41, 5.74) is 2.55. The van der Waals surface area contributed by atoms with Crippen LogP contribution >= 0.6 is 0 Å². The molecule has 1 aromatic rings. The van der Waals surface area contributed by atoms with E-state index in [2.05, 4.69) is 26.3 Å². The van der Waals surface area contributed by atoms with Crippen LogP contribution in [0.4, 0.5) is 0 Å². The second-order valence-electron chi connectivity index (χ2n) is 8.62. The van der Waals surface area contributed by atoms with E-state index in [1.165, 1.54) is 0 Å². The number of ether oxygens (including phenoxy) is 6. The molecule has 0 bridgehead atoms. The van der Waals surface area contributed by atoms with Crippen molar-refractivity contribution >= 4 is 0 Å². The topological polar surface area (TPSA) is 55.4 Å². The molecule has 0 N–H and O–H groups in total. The maximum absolute atomic E-state index is 6.52. The minimum absolute atomic E-state index is 0.324. The Hall–Kier alpha value is -3.10. The molecular weight excluding hydrogens is 468 g/mol. The zero-order valence-corrected chi connectivity index (χ0v) is 20.9. The van der Waals surface area contributed by atoms with Gasteiger partial charge in [-0.05, 0) is 0 Å². The van der Waals surface area contributed by atoms with Crippen LogP contribution in [-0.2, 0) is 28.4 Å². The van der Waals surface area contributed by atoms with Crippen LogP contribution in [0.15, 0.2) is 129 Å². The zero-order chi connectivity index (χ0) is 26.0. The molecule has 0 saturated carbocycles. The second kappa shape index (κ2) is 13.4. The lowest BCUT2D eigenvalue weighted by molar-refractivity contribution is -0.361. The minimum atomic E-state index is -0.674. The van der Waals surface area contributed by atoms with Gasteiger partial charge in [0.1, 0.15) is 24.4 Å². The van der Waals surface area contributed by atoms with Gasteiger partial charge in [-0.15, -0.1) is 0 Å². The van der Waals surface area contributed by atoms with E-state index < -0.39 is 37.2 Å². The van der Waals surface area contributed by atoms with Crippen molar-refractivity contribution in [3.8, 4) is 0 Å². The van der Waals surface area contributed by atoms with E-state index >= 15 is 0 Å². The van der Waals surface area contributed by atoms with Crippen molar-refractivity contribution in [1.82, 2.24) is 0 Å². The highest BCUT2D eigenvalue weighted by Crippen LogP contribution is 2.38. The smallest absolute Gasteiger partial charge is 0.184 e. The average molecular weight is 503 g/mol. The van der Waals surface area contributed by atoms with Crippen molar-refractivity contribution in [2.45, 2.75) is 43.3 Å². The molecule has 37 heavy (non-hydrogen) atoms. The SMILES string of the molecule is C=C/C=C\C(=C/C=C)C1OCC(C2OC(C(/C=C\C=C)=C/C=C)OC3COC(c4ccccc4)OC32)O1. The fourth-order valence-corrected chi connectivity index (χ4v) is 4.43. The van der Waals surface area contributed by atoms with Gasteiger partial charge in [-0.3, -0.25) is 0 Å². The van der Waals surface area contributed by atoms with E-state index in [4.69, 9.17) is 28.4 Å². The van der Waals surface area contributed by atoms with Crippen LogP contribution in [0, 0.1) is 0 Å². The van der Waals surface area contributed by atoms with Gasteiger partial charge in [-0.1, -0.05) is 117 Å². The van der Waals surface area contributed by atoms with Crippen molar-refractivity contribution in [2.75, 3.05) is 13.2 Å². The van der Waals surface area contributed by atoms with E-state index in [1.807, 2.05) is 66.8 Å². The Balaban J connectivity index is 1.60. The molecule has 3 heterocycles. The molecule has 3 aliphatic rings. The van der Waals surface area contributed by atoms with E-state index in [9.17, 15) is 0 Å². The van der Waals surface area contributed by atoms with Gasteiger partial charge in [0.25, 0.3) is 0 Å². The predicted octanol–water partition coefficient (Wildman–Crippen LogP) is 5.66. The Bertz CT molecular complexity index is 1070. The Kier molecular flexibility index (Phi) is 9.79. The van der Waals surface area contributed by atoms with Crippen LogP contribution in [0.1, 0.15) is 11.9 Å². The van der Waals surface area contributed by atoms with Crippen molar-refractivity contribution in [1.29, 1.82) is 0 Å². The summed E-state index contributed by atoms with van der Waals surface area (Å²) in [4.78, 5) is 0. The first-order chi connectivity index (χ1) is 18.2. The van der Waals surface area contributed by atoms with E-state index in [1.54, 1.807) is 24.3 Å². The van der Waals surface area contributed by atoms with Gasteiger partial charge in [0.05, 0.1) is 13.2 Å². The molecule has 0 aliphatic carbocycles. The summed E-state index contributed by atoms with van der Waals surface area (Å²) in [5, 5.41) is 0. The van der Waals surface area contributed by atoms with Gasteiger partial charge in [0.2, 0.25) is 0 Å². The molecule has 1 aromatic carbocycles. The lowest BCUT2D eigenvalue weighted by Gasteiger charge is -2.47. The molecule has 0 spiro atoms. The largest absolute Gasteiger partial charge is 0.346 e. The van der Waals surface area contributed by atoms with Gasteiger partial charge in [0.15, 0.2) is 18.9 Å². The Labute approximate surface area is 219 Å². The van der Waals surface area contributed by atoms with E-state index in [-0.39, 0.29) is 6.10 Å². The summed E-state index contributed by atoms with van der Waals surface area (Å²) in [6.07, 6.45) is 14.4. The van der Waals surface area contributed by atoms with Gasteiger partial charge in [0, 0.05) is 16.7 Å². The number of benzene rings is 1. The molecule has 0 aromatic heterocycles. The number of fused-ring (bicyclic) bond motifs is 1. The number of hydrogen-bond donors (Lipinski definition) is 0. The maximum atomic E-state index is 6.52. The quantitative estimate of drug-likeness (QED) is 0.385. The molecule has 3 aliphatic heterocycles. The van der Waals surface area contributed by atoms with E-state index in [0.717, 1.165) is 16.7 Å². The van der Waals surface area contributed by atoms with Crippen LogP contribution < -0.4 is 0 Å². The predicted molar refractivity (Wildman–Crippen MR) is 143 cm³/mol. The van der Waals surface area contributed by atoms with Gasteiger partial charge in [-0.2, -0.15) is 0 Å². The molecule has 4 rings (SSSR count). The summed E-state index contributed by atoms with van der Waals surface area (Å²) in [7, 11) is 0. The zero-order valence-electron chi connectivity index (χ0n) is 20.9. The first-order valence-corrected chi connectivity index (χ1v) is 12.3. The highest BCUT2D eigenvalue weighted by Gasteiger charge is 2.51.